The first kappa shape index (κ1) is 16.4. The maximum absolute atomic E-state index is 11.3. The number of aliphatic hydroxyl groups is 1. The Morgan fingerprint density at radius 3 is 2.65 bits per heavy atom. The van der Waals surface area contributed by atoms with Crippen molar-refractivity contribution in [3.05, 3.63) is 0 Å². The number of aliphatic hydroxyl groups excluding tert-OH is 1. The van der Waals surface area contributed by atoms with Crippen LogP contribution in [-0.4, -0.2) is 51.5 Å². The Bertz CT molecular complexity index is 418. The van der Waals surface area contributed by atoms with Crippen LogP contribution in [0.2, 0.25) is 0 Å². The molecule has 1 aliphatic heterocycles. The zero-order chi connectivity index (χ0) is 14.8. The average molecular weight is 322 g/mol. The molecule has 118 valence electrons. The van der Waals surface area contributed by atoms with Crippen LogP contribution in [0.3, 0.4) is 0 Å². The van der Waals surface area contributed by atoms with Gasteiger partial charge in [0.25, 0.3) is 10.1 Å². The molecule has 7 heteroatoms. The predicted molar refractivity (Wildman–Crippen MR) is 80.4 cm³/mol. The molecule has 0 bridgehead atoms. The van der Waals surface area contributed by atoms with Crippen LogP contribution >= 0.6 is 0 Å². The lowest BCUT2D eigenvalue weighted by molar-refractivity contribution is -0.0277. The highest BCUT2D eigenvalue weighted by molar-refractivity contribution is 7.86. The molecule has 2 rings (SSSR count). The van der Waals surface area contributed by atoms with E-state index in [1.54, 1.807) is 0 Å². The highest BCUT2D eigenvalue weighted by atomic mass is 32.2. The Balaban J connectivity index is 1.87. The molecule has 20 heavy (non-hydrogen) atoms. The zero-order valence-corrected chi connectivity index (χ0v) is 14.9. The van der Waals surface area contributed by atoms with Crippen LogP contribution in [0.5, 0.6) is 0 Å². The van der Waals surface area contributed by atoms with E-state index in [0.29, 0.717) is 12.8 Å². The molecule has 0 aromatic rings. The Morgan fingerprint density at radius 1 is 1.30 bits per heavy atom. The summed E-state index contributed by atoms with van der Waals surface area (Å²) >= 11 is 0. The molecule has 4 atom stereocenters. The van der Waals surface area contributed by atoms with E-state index in [4.69, 9.17) is 4.74 Å². The van der Waals surface area contributed by atoms with Crippen molar-refractivity contribution in [2.45, 2.75) is 67.9 Å². The standard InChI is InChI=1S/C13H26O5SSi/c14-11-4-3-10(9-12(11)19(15,16)17)5-7-13(20)6-1-2-8-18-13/h10-12,14H,1-9H2,20H3,(H,15,16,17). The second-order valence-electron chi connectivity index (χ2n) is 6.59. The van der Waals surface area contributed by atoms with Crippen LogP contribution in [0, 0.1) is 5.92 Å². The number of hydrogen-bond donors (Lipinski definition) is 2. The third-order valence-electron chi connectivity index (χ3n) is 4.88. The predicted octanol–water partition coefficient (Wildman–Crippen LogP) is 0.446. The van der Waals surface area contributed by atoms with E-state index in [1.165, 1.54) is 6.42 Å². The smallest absolute Gasteiger partial charge is 0.270 e. The molecule has 1 heterocycles. The molecule has 1 saturated carbocycles. The Kier molecular flexibility index (Phi) is 5.28. The maximum atomic E-state index is 11.3. The van der Waals surface area contributed by atoms with Crippen LogP contribution in [0.15, 0.2) is 0 Å². The summed E-state index contributed by atoms with van der Waals surface area (Å²) in [5, 5.41) is 8.79. The third kappa shape index (κ3) is 4.27. The van der Waals surface area contributed by atoms with Crippen molar-refractivity contribution in [1.82, 2.24) is 0 Å². The van der Waals surface area contributed by atoms with E-state index >= 15 is 0 Å². The van der Waals surface area contributed by atoms with Gasteiger partial charge in [-0.3, -0.25) is 4.55 Å². The van der Waals surface area contributed by atoms with Gasteiger partial charge in [0.05, 0.1) is 6.10 Å². The maximum Gasteiger partial charge on any atom is 0.270 e. The minimum atomic E-state index is -4.14. The van der Waals surface area contributed by atoms with Crippen molar-refractivity contribution in [3.8, 4) is 0 Å². The van der Waals surface area contributed by atoms with Crippen LogP contribution in [-0.2, 0) is 14.9 Å². The summed E-state index contributed by atoms with van der Waals surface area (Å²) in [6.45, 7) is 0.848. The van der Waals surface area contributed by atoms with Gasteiger partial charge >= 0.3 is 0 Å². The van der Waals surface area contributed by atoms with E-state index in [9.17, 15) is 18.1 Å². The first-order valence-corrected chi connectivity index (χ1v) is 10.1. The molecule has 0 radical (unpaired) electrons. The topological polar surface area (TPSA) is 83.8 Å². The molecule has 4 unspecified atom stereocenters. The highest BCUT2D eigenvalue weighted by Gasteiger charge is 2.38. The molecule has 0 aromatic heterocycles. The van der Waals surface area contributed by atoms with Crippen molar-refractivity contribution in [3.63, 3.8) is 0 Å². The van der Waals surface area contributed by atoms with E-state index in [1.807, 2.05) is 0 Å². The van der Waals surface area contributed by atoms with Gasteiger partial charge in [-0.2, -0.15) is 8.42 Å². The SMILES string of the molecule is O=S(=O)(O)C1CC(CCC2([SiH3])CCCCO2)CCC1O. The fourth-order valence-electron chi connectivity index (χ4n) is 3.48. The molecule has 1 saturated heterocycles. The van der Waals surface area contributed by atoms with Crippen molar-refractivity contribution >= 4 is 20.4 Å². The Morgan fingerprint density at radius 2 is 2.05 bits per heavy atom. The van der Waals surface area contributed by atoms with Crippen molar-refractivity contribution in [1.29, 1.82) is 0 Å². The largest absolute Gasteiger partial charge is 0.392 e. The summed E-state index contributed by atoms with van der Waals surface area (Å²) in [7, 11) is -3.14. The molecule has 5 nitrogen and oxygen atoms in total. The second-order valence-corrected chi connectivity index (χ2v) is 10.1. The van der Waals surface area contributed by atoms with Crippen LogP contribution in [0.25, 0.3) is 0 Å². The van der Waals surface area contributed by atoms with E-state index < -0.39 is 21.5 Å². The van der Waals surface area contributed by atoms with E-state index in [2.05, 4.69) is 0 Å². The Hall–Kier alpha value is 0.0469. The van der Waals surface area contributed by atoms with Gasteiger partial charge in [0.1, 0.15) is 5.25 Å². The lowest BCUT2D eigenvalue weighted by Crippen LogP contribution is -2.41. The van der Waals surface area contributed by atoms with Gasteiger partial charge in [-0.05, 0) is 57.3 Å². The number of ether oxygens (including phenoxy) is 1. The minimum Gasteiger partial charge on any atom is -0.392 e. The van der Waals surface area contributed by atoms with Gasteiger partial charge in [0.15, 0.2) is 0 Å². The normalized spacial score (nSPS) is 39.8. The van der Waals surface area contributed by atoms with Crippen LogP contribution in [0.4, 0.5) is 0 Å². The molecular formula is C13H26O5SSi. The zero-order valence-electron chi connectivity index (χ0n) is 12.1. The monoisotopic (exact) mass is 322 g/mol. The molecule has 0 aromatic carbocycles. The van der Waals surface area contributed by atoms with Gasteiger partial charge in [-0.25, -0.2) is 0 Å². The van der Waals surface area contributed by atoms with Crippen LogP contribution in [0.1, 0.15) is 51.4 Å². The molecular weight excluding hydrogens is 296 g/mol. The summed E-state index contributed by atoms with van der Waals surface area (Å²) in [5.41, 5.74) is 0. The fourth-order valence-corrected chi connectivity index (χ4v) is 5.37. The third-order valence-corrected chi connectivity index (χ3v) is 7.44. The lowest BCUT2D eigenvalue weighted by atomic mass is 9.83. The fraction of sp³-hybridized carbons (Fsp3) is 1.00. The molecule has 2 N–H and O–H groups in total. The summed E-state index contributed by atoms with van der Waals surface area (Å²) < 4.78 is 37.7. The average Bonchev–Trinajstić information content (AvgIpc) is 2.37. The van der Waals surface area contributed by atoms with Gasteiger partial charge in [-0.1, -0.05) is 0 Å². The molecule has 2 fully saturated rings. The molecule has 2 aliphatic rings. The highest BCUT2D eigenvalue weighted by Crippen LogP contribution is 2.35. The molecule has 1 aliphatic carbocycles. The first-order chi connectivity index (χ1) is 9.30. The summed E-state index contributed by atoms with van der Waals surface area (Å²) in [5.74, 6) is 0.265. The second kappa shape index (κ2) is 6.44. The number of rotatable bonds is 4. The number of hydrogen-bond acceptors (Lipinski definition) is 4. The summed E-state index contributed by atoms with van der Waals surface area (Å²) in [6, 6.07) is 0. The Labute approximate surface area is 124 Å². The minimum absolute atomic E-state index is 0.0574. The van der Waals surface area contributed by atoms with E-state index in [0.717, 1.165) is 49.0 Å². The van der Waals surface area contributed by atoms with Crippen LogP contribution < -0.4 is 0 Å². The van der Waals surface area contributed by atoms with Crippen molar-refractivity contribution in [2.75, 3.05) is 6.61 Å². The van der Waals surface area contributed by atoms with Crippen molar-refractivity contribution in [2.24, 2.45) is 5.92 Å². The summed E-state index contributed by atoms with van der Waals surface area (Å²) in [4.78, 5) is 0. The lowest BCUT2D eigenvalue weighted by Gasteiger charge is -2.37. The van der Waals surface area contributed by atoms with E-state index in [-0.39, 0.29) is 11.1 Å². The van der Waals surface area contributed by atoms with Gasteiger partial charge in [0.2, 0.25) is 0 Å². The van der Waals surface area contributed by atoms with Gasteiger partial charge in [-0.15, -0.1) is 0 Å². The van der Waals surface area contributed by atoms with Gasteiger partial charge in [0, 0.05) is 22.1 Å². The quantitative estimate of drug-likeness (QED) is 0.580. The molecule has 0 amide bonds. The van der Waals surface area contributed by atoms with Crippen molar-refractivity contribution < 1.29 is 22.8 Å². The summed E-state index contributed by atoms with van der Waals surface area (Å²) in [6.07, 6.45) is 6.16. The molecule has 0 spiro atoms. The first-order valence-electron chi connectivity index (χ1n) is 7.58. The van der Waals surface area contributed by atoms with Gasteiger partial charge < -0.3 is 9.84 Å².